The van der Waals surface area contributed by atoms with Crippen molar-refractivity contribution in [2.24, 2.45) is 0 Å². The highest BCUT2D eigenvalue weighted by atomic mass is 32.2. The summed E-state index contributed by atoms with van der Waals surface area (Å²) in [6.45, 7) is 0. The maximum atomic E-state index is 12.2. The molecule has 1 saturated heterocycles. The second-order valence-corrected chi connectivity index (χ2v) is 10.5. The van der Waals surface area contributed by atoms with E-state index in [1.165, 1.54) is 0 Å². The summed E-state index contributed by atoms with van der Waals surface area (Å²) in [4.78, 5) is 0. The van der Waals surface area contributed by atoms with Gasteiger partial charge in [-0.05, 0) is 42.7 Å². The third-order valence-electron chi connectivity index (χ3n) is 4.26. The fourth-order valence-electron chi connectivity index (χ4n) is 2.91. The van der Waals surface area contributed by atoms with Gasteiger partial charge in [0.1, 0.15) is 0 Å². The molecule has 0 bridgehead atoms. The Morgan fingerprint density at radius 1 is 0.962 bits per heavy atom. The summed E-state index contributed by atoms with van der Waals surface area (Å²) in [5, 5.41) is 3.18. The number of sulfonamides is 1. The molecule has 0 aliphatic carbocycles. The summed E-state index contributed by atoms with van der Waals surface area (Å²) in [6.07, 6.45) is 1.04. The summed E-state index contributed by atoms with van der Waals surface area (Å²) in [5.41, 5.74) is 2.24. The van der Waals surface area contributed by atoms with Gasteiger partial charge in [-0.3, -0.25) is 4.72 Å². The van der Waals surface area contributed by atoms with E-state index in [1.807, 2.05) is 30.3 Å². The lowest BCUT2D eigenvalue weighted by Gasteiger charge is -2.13. The molecule has 1 heterocycles. The minimum absolute atomic E-state index is 0.0109. The van der Waals surface area contributed by atoms with Crippen molar-refractivity contribution in [1.82, 2.24) is 0 Å². The minimum atomic E-state index is -3.43. The van der Waals surface area contributed by atoms with Gasteiger partial charge in [-0.15, -0.1) is 0 Å². The summed E-state index contributed by atoms with van der Waals surface area (Å²) in [7, 11) is -6.36. The van der Waals surface area contributed by atoms with Crippen LogP contribution in [0.3, 0.4) is 0 Å². The van der Waals surface area contributed by atoms with E-state index in [0.717, 1.165) is 11.3 Å². The standard InChI is InChI=1S/C18H22N2O4S2/c21-25(22)12-11-18(14-25)19-16-6-8-17(9-7-16)20-26(23,24)13-10-15-4-2-1-3-5-15/h1-9,18-20H,10-14H2. The Bertz CT molecular complexity index is 940. The van der Waals surface area contributed by atoms with Crippen molar-refractivity contribution in [3.63, 3.8) is 0 Å². The van der Waals surface area contributed by atoms with Gasteiger partial charge in [-0.25, -0.2) is 16.8 Å². The lowest BCUT2D eigenvalue weighted by atomic mass is 10.2. The number of nitrogens with one attached hydrogen (secondary N) is 2. The van der Waals surface area contributed by atoms with E-state index in [9.17, 15) is 16.8 Å². The molecule has 1 fully saturated rings. The Balaban J connectivity index is 1.55. The molecule has 0 saturated carbocycles. The van der Waals surface area contributed by atoms with Crippen LogP contribution in [0, 0.1) is 0 Å². The van der Waals surface area contributed by atoms with Crippen LogP contribution in [-0.4, -0.2) is 40.1 Å². The van der Waals surface area contributed by atoms with Crippen LogP contribution in [0.1, 0.15) is 12.0 Å². The molecular formula is C18H22N2O4S2. The van der Waals surface area contributed by atoms with E-state index in [0.29, 0.717) is 18.5 Å². The maximum Gasteiger partial charge on any atom is 0.233 e. The van der Waals surface area contributed by atoms with Crippen molar-refractivity contribution in [1.29, 1.82) is 0 Å². The average Bonchev–Trinajstić information content (AvgIpc) is 2.94. The smallest absolute Gasteiger partial charge is 0.233 e. The molecule has 2 aromatic rings. The van der Waals surface area contributed by atoms with E-state index in [1.54, 1.807) is 24.3 Å². The van der Waals surface area contributed by atoms with Crippen molar-refractivity contribution < 1.29 is 16.8 Å². The van der Waals surface area contributed by atoms with Gasteiger partial charge in [0.05, 0.1) is 17.3 Å². The first-order valence-corrected chi connectivity index (χ1v) is 11.9. The molecule has 1 aliphatic rings. The quantitative estimate of drug-likeness (QED) is 0.752. The van der Waals surface area contributed by atoms with Crippen LogP contribution in [0.5, 0.6) is 0 Å². The highest BCUT2D eigenvalue weighted by Crippen LogP contribution is 2.20. The predicted octanol–water partition coefficient (Wildman–Crippen LogP) is 2.27. The zero-order chi connectivity index (χ0) is 18.6. The van der Waals surface area contributed by atoms with Crippen LogP contribution in [0.25, 0.3) is 0 Å². The van der Waals surface area contributed by atoms with Crippen LogP contribution in [0.15, 0.2) is 54.6 Å². The summed E-state index contributed by atoms with van der Waals surface area (Å²) < 4.78 is 50.0. The molecule has 0 aromatic heterocycles. The Kier molecular flexibility index (Phi) is 5.52. The van der Waals surface area contributed by atoms with Gasteiger partial charge < -0.3 is 5.32 Å². The molecule has 2 aromatic carbocycles. The maximum absolute atomic E-state index is 12.2. The van der Waals surface area contributed by atoms with Crippen molar-refractivity contribution in [3.8, 4) is 0 Å². The van der Waals surface area contributed by atoms with Crippen LogP contribution in [-0.2, 0) is 26.3 Å². The molecule has 1 aliphatic heterocycles. The van der Waals surface area contributed by atoms with Gasteiger partial charge in [-0.1, -0.05) is 30.3 Å². The molecule has 1 atom stereocenters. The molecule has 140 valence electrons. The zero-order valence-electron chi connectivity index (χ0n) is 14.3. The van der Waals surface area contributed by atoms with Crippen LogP contribution >= 0.6 is 0 Å². The predicted molar refractivity (Wildman–Crippen MR) is 105 cm³/mol. The zero-order valence-corrected chi connectivity index (χ0v) is 15.9. The van der Waals surface area contributed by atoms with Crippen LogP contribution in [0.4, 0.5) is 11.4 Å². The van der Waals surface area contributed by atoms with Gasteiger partial charge in [-0.2, -0.15) is 0 Å². The highest BCUT2D eigenvalue weighted by molar-refractivity contribution is 7.92. The van der Waals surface area contributed by atoms with Gasteiger partial charge in [0, 0.05) is 17.4 Å². The SMILES string of the molecule is O=S1(=O)CCC(Nc2ccc(NS(=O)(=O)CCc3ccccc3)cc2)C1. The highest BCUT2D eigenvalue weighted by Gasteiger charge is 2.27. The number of rotatable bonds is 7. The molecule has 0 spiro atoms. The third-order valence-corrected chi connectivity index (χ3v) is 7.32. The minimum Gasteiger partial charge on any atom is -0.381 e. The van der Waals surface area contributed by atoms with Gasteiger partial charge in [0.15, 0.2) is 9.84 Å². The Morgan fingerprint density at radius 2 is 1.62 bits per heavy atom. The fraction of sp³-hybridized carbons (Fsp3) is 0.333. The van der Waals surface area contributed by atoms with E-state index in [-0.39, 0.29) is 23.3 Å². The van der Waals surface area contributed by atoms with Gasteiger partial charge >= 0.3 is 0 Å². The largest absolute Gasteiger partial charge is 0.381 e. The first-order chi connectivity index (χ1) is 12.3. The number of hydrogen-bond acceptors (Lipinski definition) is 5. The second kappa shape index (κ2) is 7.67. The van der Waals surface area contributed by atoms with Crippen molar-refractivity contribution in [3.05, 3.63) is 60.2 Å². The molecule has 6 nitrogen and oxygen atoms in total. The second-order valence-electron chi connectivity index (χ2n) is 6.48. The summed E-state index contributed by atoms with van der Waals surface area (Å²) in [5.74, 6) is 0.363. The first-order valence-electron chi connectivity index (χ1n) is 8.43. The van der Waals surface area contributed by atoms with E-state index < -0.39 is 19.9 Å². The van der Waals surface area contributed by atoms with E-state index in [4.69, 9.17) is 0 Å². The number of aryl methyl sites for hydroxylation is 1. The molecule has 26 heavy (non-hydrogen) atoms. The van der Waals surface area contributed by atoms with Crippen molar-refractivity contribution in [2.45, 2.75) is 18.9 Å². The van der Waals surface area contributed by atoms with E-state index in [2.05, 4.69) is 10.0 Å². The Labute approximate surface area is 154 Å². The number of benzene rings is 2. The number of sulfone groups is 1. The lowest BCUT2D eigenvalue weighted by Crippen LogP contribution is -2.20. The van der Waals surface area contributed by atoms with E-state index >= 15 is 0 Å². The van der Waals surface area contributed by atoms with Gasteiger partial charge in [0.25, 0.3) is 0 Å². The monoisotopic (exact) mass is 394 g/mol. The fourth-order valence-corrected chi connectivity index (χ4v) is 5.68. The summed E-state index contributed by atoms with van der Waals surface area (Å²) in [6, 6.07) is 16.2. The first kappa shape index (κ1) is 18.7. The lowest BCUT2D eigenvalue weighted by molar-refractivity contribution is 0.599. The number of hydrogen-bond donors (Lipinski definition) is 2. The van der Waals surface area contributed by atoms with Crippen molar-refractivity contribution >= 4 is 31.2 Å². The van der Waals surface area contributed by atoms with Crippen LogP contribution < -0.4 is 10.0 Å². The topological polar surface area (TPSA) is 92.3 Å². The Morgan fingerprint density at radius 3 is 2.23 bits per heavy atom. The average molecular weight is 395 g/mol. The number of anilines is 2. The molecule has 0 radical (unpaired) electrons. The molecular weight excluding hydrogens is 372 g/mol. The third kappa shape index (κ3) is 5.47. The van der Waals surface area contributed by atoms with Gasteiger partial charge in [0.2, 0.25) is 10.0 Å². The molecule has 8 heteroatoms. The normalized spacial score (nSPS) is 19.2. The summed E-state index contributed by atoms with van der Waals surface area (Å²) >= 11 is 0. The molecule has 0 amide bonds. The Hall–Kier alpha value is -2.06. The molecule has 2 N–H and O–H groups in total. The van der Waals surface area contributed by atoms with Crippen LogP contribution in [0.2, 0.25) is 0 Å². The molecule has 3 rings (SSSR count). The molecule has 1 unspecified atom stereocenters. The van der Waals surface area contributed by atoms with Crippen molar-refractivity contribution in [2.75, 3.05) is 27.3 Å².